The number of carbonyl (C=O) groups is 1. The number of cyclic esters (lactones) is 1. The van der Waals surface area contributed by atoms with Crippen molar-refractivity contribution < 1.29 is 14.5 Å². The first-order valence-corrected chi connectivity index (χ1v) is 8.67. The number of anilines is 1. The van der Waals surface area contributed by atoms with Gasteiger partial charge in [-0.3, -0.25) is 15.1 Å². The quantitative estimate of drug-likeness (QED) is 0.475. The first-order chi connectivity index (χ1) is 13.6. The van der Waals surface area contributed by atoms with Gasteiger partial charge in [-0.2, -0.15) is 0 Å². The van der Waals surface area contributed by atoms with Gasteiger partial charge in [0.15, 0.2) is 0 Å². The Hall–Kier alpha value is -3.94. The van der Waals surface area contributed by atoms with Crippen molar-refractivity contribution in [2.45, 2.75) is 5.92 Å². The van der Waals surface area contributed by atoms with E-state index in [9.17, 15) is 14.9 Å². The fourth-order valence-electron chi connectivity index (χ4n) is 3.71. The zero-order valence-corrected chi connectivity index (χ0v) is 14.5. The molecule has 3 heterocycles. The number of esters is 1. The van der Waals surface area contributed by atoms with Gasteiger partial charge in [-0.25, -0.2) is 4.79 Å². The van der Waals surface area contributed by atoms with Gasteiger partial charge in [0.25, 0.3) is 5.69 Å². The molecule has 0 bridgehead atoms. The molecule has 0 saturated heterocycles. The number of nitrogens with zero attached hydrogens (tertiary/aromatic N) is 2. The standard InChI is InChI=1S/C20H14N4O4/c25-20-18-16(10-28-20)23-19-13(9-21-14-6-1-2-7-15(14)22-19)17(18)11-4-3-5-12(8-11)24(26)27/h1-9,17,22-23H,10H2/t17-/m1/s1. The maximum atomic E-state index is 12.4. The highest BCUT2D eigenvalue weighted by Crippen LogP contribution is 2.42. The molecule has 138 valence electrons. The van der Waals surface area contributed by atoms with Gasteiger partial charge in [-0.1, -0.05) is 24.3 Å². The number of nitrogens with one attached hydrogen (secondary N) is 2. The van der Waals surface area contributed by atoms with Crippen LogP contribution in [0.1, 0.15) is 11.5 Å². The second kappa shape index (κ2) is 6.05. The number of rotatable bonds is 2. The molecule has 2 N–H and O–H groups in total. The average Bonchev–Trinajstić information content (AvgIpc) is 2.96. The molecule has 1 atom stereocenters. The number of hydrogen-bond acceptors (Lipinski definition) is 7. The van der Waals surface area contributed by atoms with Gasteiger partial charge >= 0.3 is 5.97 Å². The monoisotopic (exact) mass is 374 g/mol. The number of dihydropyridines is 1. The number of allylic oxidation sites excluding steroid dienone is 1. The summed E-state index contributed by atoms with van der Waals surface area (Å²) in [6.45, 7) is 0.136. The van der Waals surface area contributed by atoms with Crippen LogP contribution in [0.4, 0.5) is 17.1 Å². The van der Waals surface area contributed by atoms with Crippen molar-refractivity contribution in [2.24, 2.45) is 4.99 Å². The van der Waals surface area contributed by atoms with Gasteiger partial charge in [-0.15, -0.1) is 0 Å². The van der Waals surface area contributed by atoms with E-state index in [4.69, 9.17) is 4.74 Å². The number of ether oxygens (including phenoxy) is 1. The number of fused-ring (bicyclic) bond motifs is 1. The van der Waals surface area contributed by atoms with Crippen LogP contribution < -0.4 is 10.6 Å². The number of nitro benzene ring substituents is 1. The molecule has 8 heteroatoms. The smallest absolute Gasteiger partial charge is 0.337 e. The molecule has 0 saturated carbocycles. The number of nitro groups is 1. The van der Waals surface area contributed by atoms with E-state index in [1.807, 2.05) is 24.3 Å². The zero-order chi connectivity index (χ0) is 19.3. The summed E-state index contributed by atoms with van der Waals surface area (Å²) in [5, 5.41) is 17.8. The molecule has 0 radical (unpaired) electrons. The normalized spacial score (nSPS) is 19.7. The number of benzene rings is 2. The van der Waals surface area contributed by atoms with Crippen LogP contribution in [0.25, 0.3) is 0 Å². The van der Waals surface area contributed by atoms with E-state index in [2.05, 4.69) is 15.6 Å². The second-order valence-corrected chi connectivity index (χ2v) is 6.61. The van der Waals surface area contributed by atoms with Gasteiger partial charge in [0.05, 0.1) is 27.6 Å². The maximum absolute atomic E-state index is 12.4. The molecule has 0 aliphatic carbocycles. The summed E-state index contributed by atoms with van der Waals surface area (Å²) in [6.07, 6.45) is 1.69. The highest BCUT2D eigenvalue weighted by molar-refractivity contribution is 6.00. The fourth-order valence-corrected chi connectivity index (χ4v) is 3.71. The second-order valence-electron chi connectivity index (χ2n) is 6.61. The van der Waals surface area contributed by atoms with E-state index < -0.39 is 16.8 Å². The molecule has 0 amide bonds. The topological polar surface area (TPSA) is 106 Å². The summed E-state index contributed by atoms with van der Waals surface area (Å²) in [5.74, 6) is -0.269. The number of non-ortho nitro benzene ring substituents is 1. The third-order valence-corrected chi connectivity index (χ3v) is 4.98. The molecule has 3 aliphatic rings. The van der Waals surface area contributed by atoms with Crippen LogP contribution in [0.2, 0.25) is 0 Å². The molecule has 0 fully saturated rings. The molecule has 2 aromatic carbocycles. The Balaban J connectivity index is 1.68. The fraction of sp³-hybridized carbons (Fsp3) is 0.100. The van der Waals surface area contributed by atoms with Crippen LogP contribution in [0, 0.1) is 10.1 Å². The van der Waals surface area contributed by atoms with Crippen molar-refractivity contribution in [3.63, 3.8) is 0 Å². The molecule has 3 aliphatic heterocycles. The first-order valence-electron chi connectivity index (χ1n) is 8.67. The highest BCUT2D eigenvalue weighted by atomic mass is 16.6. The minimum absolute atomic E-state index is 0.0338. The van der Waals surface area contributed by atoms with Crippen molar-refractivity contribution in [3.8, 4) is 0 Å². The van der Waals surface area contributed by atoms with Crippen LogP contribution >= 0.6 is 0 Å². The molecule has 0 spiro atoms. The number of aliphatic imine (C=N–C) groups is 1. The molecule has 0 unspecified atom stereocenters. The highest BCUT2D eigenvalue weighted by Gasteiger charge is 2.40. The van der Waals surface area contributed by atoms with E-state index in [1.165, 1.54) is 12.1 Å². The van der Waals surface area contributed by atoms with E-state index in [0.717, 1.165) is 11.4 Å². The van der Waals surface area contributed by atoms with Gasteiger partial charge in [0.1, 0.15) is 12.4 Å². The minimum Gasteiger partial charge on any atom is -0.456 e. The van der Waals surface area contributed by atoms with E-state index in [1.54, 1.807) is 18.3 Å². The Bertz CT molecular complexity index is 1130. The first kappa shape index (κ1) is 16.2. The molecule has 5 rings (SSSR count). The Morgan fingerprint density at radius 1 is 1.14 bits per heavy atom. The predicted molar refractivity (Wildman–Crippen MR) is 102 cm³/mol. The summed E-state index contributed by atoms with van der Waals surface area (Å²) < 4.78 is 5.23. The lowest BCUT2D eigenvalue weighted by molar-refractivity contribution is -0.384. The van der Waals surface area contributed by atoms with Crippen LogP contribution in [-0.2, 0) is 9.53 Å². The predicted octanol–water partition coefficient (Wildman–Crippen LogP) is 3.13. The Morgan fingerprint density at radius 3 is 2.86 bits per heavy atom. The van der Waals surface area contributed by atoms with Crippen molar-refractivity contribution in [2.75, 3.05) is 11.9 Å². The van der Waals surface area contributed by atoms with Crippen LogP contribution in [0.3, 0.4) is 0 Å². The van der Waals surface area contributed by atoms with Crippen molar-refractivity contribution in [1.29, 1.82) is 0 Å². The third kappa shape index (κ3) is 2.46. The van der Waals surface area contributed by atoms with Gasteiger partial charge in [-0.05, 0) is 17.7 Å². The third-order valence-electron chi connectivity index (χ3n) is 4.98. The van der Waals surface area contributed by atoms with Crippen molar-refractivity contribution in [1.82, 2.24) is 5.32 Å². The molecule has 0 aromatic heterocycles. The Kier molecular flexibility index (Phi) is 3.51. The van der Waals surface area contributed by atoms with E-state index >= 15 is 0 Å². The van der Waals surface area contributed by atoms with E-state index in [-0.39, 0.29) is 12.3 Å². The van der Waals surface area contributed by atoms with Gasteiger partial charge in [0, 0.05) is 29.8 Å². The lowest BCUT2D eigenvalue weighted by Crippen LogP contribution is -2.31. The molecular formula is C20H14N4O4. The van der Waals surface area contributed by atoms with E-state index in [0.29, 0.717) is 28.2 Å². The number of carbonyl (C=O) groups excluding carboxylic acids is 1. The van der Waals surface area contributed by atoms with Gasteiger partial charge < -0.3 is 15.4 Å². The van der Waals surface area contributed by atoms with Gasteiger partial charge in [0.2, 0.25) is 0 Å². The lowest BCUT2D eigenvalue weighted by atomic mass is 9.82. The van der Waals surface area contributed by atoms with Crippen LogP contribution in [0.5, 0.6) is 0 Å². The molecular weight excluding hydrogens is 360 g/mol. The summed E-state index contributed by atoms with van der Waals surface area (Å²) in [4.78, 5) is 27.8. The number of para-hydroxylation sites is 2. The molecule has 28 heavy (non-hydrogen) atoms. The SMILES string of the molecule is O=C1OCC2=C1[C@H](c1cccc([N+](=O)[O-])c1)C1=C(N2)Nc2ccccc2N=C1. The summed E-state index contributed by atoms with van der Waals surface area (Å²) in [6, 6.07) is 13.9. The zero-order valence-electron chi connectivity index (χ0n) is 14.5. The molecule has 2 aromatic rings. The maximum Gasteiger partial charge on any atom is 0.337 e. The van der Waals surface area contributed by atoms with Crippen LogP contribution in [0.15, 0.2) is 76.2 Å². The van der Waals surface area contributed by atoms with Crippen molar-refractivity contribution in [3.05, 3.63) is 86.9 Å². The summed E-state index contributed by atoms with van der Waals surface area (Å²) in [5.41, 5.74) is 4.01. The summed E-state index contributed by atoms with van der Waals surface area (Å²) in [7, 11) is 0. The number of hydrogen-bond donors (Lipinski definition) is 2. The lowest BCUT2D eigenvalue weighted by Gasteiger charge is -2.27. The van der Waals surface area contributed by atoms with Crippen LogP contribution in [-0.4, -0.2) is 23.7 Å². The summed E-state index contributed by atoms with van der Waals surface area (Å²) >= 11 is 0. The Morgan fingerprint density at radius 2 is 2.00 bits per heavy atom. The Labute approximate surface area is 159 Å². The van der Waals surface area contributed by atoms with Crippen molar-refractivity contribution >= 4 is 29.2 Å². The largest absolute Gasteiger partial charge is 0.456 e. The molecule has 8 nitrogen and oxygen atoms in total. The average molecular weight is 374 g/mol. The minimum atomic E-state index is -0.522.